The fraction of sp³-hybridized carbons (Fsp3) is 0.379. The maximum Gasteiger partial charge on any atom is 0.416 e. The van der Waals surface area contributed by atoms with E-state index in [-0.39, 0.29) is 44.8 Å². The molecular weight excluding hydrogens is 552 g/mol. The largest absolute Gasteiger partial charge is 0.476 e. The van der Waals surface area contributed by atoms with Crippen LogP contribution in [0.4, 0.5) is 26.3 Å². The van der Waals surface area contributed by atoms with Crippen LogP contribution in [0.15, 0.2) is 78.0 Å². The highest BCUT2D eigenvalue weighted by Gasteiger charge is 2.48. The summed E-state index contributed by atoms with van der Waals surface area (Å²) in [7, 11) is 0. The van der Waals surface area contributed by atoms with Gasteiger partial charge in [-0.25, -0.2) is 0 Å². The molecule has 6 nitrogen and oxygen atoms in total. The van der Waals surface area contributed by atoms with Crippen LogP contribution in [0, 0.1) is 0 Å². The molecule has 0 aromatic heterocycles. The molecular formula is C29H29F6N3O3. The highest BCUT2D eigenvalue weighted by Crippen LogP contribution is 2.36. The predicted octanol–water partition coefficient (Wildman–Crippen LogP) is 5.17. The first-order chi connectivity index (χ1) is 19.4. The van der Waals surface area contributed by atoms with Gasteiger partial charge < -0.3 is 20.3 Å². The van der Waals surface area contributed by atoms with Crippen molar-refractivity contribution in [3.05, 3.63) is 89.1 Å². The van der Waals surface area contributed by atoms with Gasteiger partial charge in [0.1, 0.15) is 5.75 Å². The van der Waals surface area contributed by atoms with Gasteiger partial charge in [0, 0.05) is 25.8 Å². The zero-order chi connectivity index (χ0) is 29.7. The molecule has 0 saturated carbocycles. The monoisotopic (exact) mass is 581 g/mol. The summed E-state index contributed by atoms with van der Waals surface area (Å²) in [6.07, 6.45) is -5.89. The number of nitrogens with zero attached hydrogens (tertiary/aromatic N) is 1. The summed E-state index contributed by atoms with van der Waals surface area (Å²) < 4.78 is 86.1. The number of rotatable bonds is 8. The van der Waals surface area contributed by atoms with E-state index in [1.54, 1.807) is 0 Å². The second kappa shape index (κ2) is 12.3. The van der Waals surface area contributed by atoms with Gasteiger partial charge in [0.15, 0.2) is 0 Å². The molecule has 2 heterocycles. The molecule has 2 aliphatic heterocycles. The highest BCUT2D eigenvalue weighted by molar-refractivity contribution is 5.99. The van der Waals surface area contributed by atoms with Gasteiger partial charge in [-0.1, -0.05) is 36.4 Å². The molecule has 2 aliphatic rings. The topological polar surface area (TPSA) is 70.7 Å². The number of piperidine rings is 1. The SMILES string of the molecule is O=C(C1=CNCC=C1C(F)(F)F)N1CCCC(Oc2ccc(C(F)(F)F)cc2)(C(=O)NCCCc2ccccc2)C1. The number of nitrogens with one attached hydrogen (secondary N) is 2. The summed E-state index contributed by atoms with van der Waals surface area (Å²) in [5, 5.41) is 5.41. The molecule has 4 rings (SSSR count). The number of alkyl halides is 6. The molecule has 0 aliphatic carbocycles. The Morgan fingerprint density at radius 2 is 1.68 bits per heavy atom. The Morgan fingerprint density at radius 3 is 2.34 bits per heavy atom. The molecule has 1 atom stereocenters. The molecule has 1 saturated heterocycles. The van der Waals surface area contributed by atoms with Crippen LogP contribution >= 0.6 is 0 Å². The van der Waals surface area contributed by atoms with Crippen molar-refractivity contribution in [2.45, 2.75) is 43.6 Å². The van der Waals surface area contributed by atoms with Crippen molar-refractivity contribution in [3.63, 3.8) is 0 Å². The molecule has 2 aromatic rings. The van der Waals surface area contributed by atoms with Crippen LogP contribution in [0.5, 0.6) is 5.75 Å². The van der Waals surface area contributed by atoms with Crippen LogP contribution < -0.4 is 15.4 Å². The fourth-order valence-corrected chi connectivity index (χ4v) is 4.87. The van der Waals surface area contributed by atoms with Crippen LogP contribution in [0.1, 0.15) is 30.4 Å². The first-order valence-electron chi connectivity index (χ1n) is 13.1. The van der Waals surface area contributed by atoms with Crippen LogP contribution in [0.2, 0.25) is 0 Å². The van der Waals surface area contributed by atoms with Crippen molar-refractivity contribution in [3.8, 4) is 5.75 Å². The van der Waals surface area contributed by atoms with Gasteiger partial charge in [-0.3, -0.25) is 9.59 Å². The van der Waals surface area contributed by atoms with E-state index in [0.29, 0.717) is 12.8 Å². The highest BCUT2D eigenvalue weighted by atomic mass is 19.4. The maximum atomic E-state index is 13.6. The van der Waals surface area contributed by atoms with E-state index in [1.807, 2.05) is 30.3 Å². The minimum Gasteiger partial charge on any atom is -0.476 e. The lowest BCUT2D eigenvalue weighted by atomic mass is 9.90. The van der Waals surface area contributed by atoms with E-state index in [4.69, 9.17) is 4.74 Å². The second-order valence-electron chi connectivity index (χ2n) is 9.88. The zero-order valence-corrected chi connectivity index (χ0v) is 21.9. The van der Waals surface area contributed by atoms with Crippen molar-refractivity contribution in [1.82, 2.24) is 15.5 Å². The Hall–Kier alpha value is -3.96. The van der Waals surface area contributed by atoms with Crippen molar-refractivity contribution >= 4 is 11.8 Å². The molecule has 2 N–H and O–H groups in total. The minimum atomic E-state index is -4.76. The second-order valence-corrected chi connectivity index (χ2v) is 9.88. The predicted molar refractivity (Wildman–Crippen MR) is 139 cm³/mol. The average molecular weight is 582 g/mol. The Bertz CT molecular complexity index is 1290. The van der Waals surface area contributed by atoms with Crippen LogP contribution in [0.3, 0.4) is 0 Å². The van der Waals surface area contributed by atoms with E-state index in [1.165, 1.54) is 0 Å². The third-order valence-electron chi connectivity index (χ3n) is 6.92. The number of ether oxygens (including phenoxy) is 1. The van der Waals surface area contributed by atoms with E-state index >= 15 is 0 Å². The lowest BCUT2D eigenvalue weighted by molar-refractivity contribution is -0.147. The fourth-order valence-electron chi connectivity index (χ4n) is 4.87. The standard InChI is InChI=1S/C29H29F6N3O3/c30-28(31,32)21-9-11-22(12-10-21)41-27(26(40)37-15-4-8-20-6-2-1-3-7-20)14-5-17-38(19-27)25(39)23-18-36-16-13-24(23)29(33,34)35/h1-3,6-7,9-13,18,36H,4-5,8,14-17,19H2,(H,37,40). The van der Waals surface area contributed by atoms with Gasteiger partial charge >= 0.3 is 12.4 Å². The van der Waals surface area contributed by atoms with Crippen molar-refractivity contribution < 1.29 is 40.7 Å². The molecule has 41 heavy (non-hydrogen) atoms. The molecule has 0 bridgehead atoms. The molecule has 0 spiro atoms. The number of benzene rings is 2. The Balaban J connectivity index is 1.55. The lowest BCUT2D eigenvalue weighted by Gasteiger charge is -2.42. The van der Waals surface area contributed by atoms with E-state index < -0.39 is 46.5 Å². The number of halogens is 6. The van der Waals surface area contributed by atoms with Gasteiger partial charge in [-0.15, -0.1) is 0 Å². The van der Waals surface area contributed by atoms with Crippen molar-refractivity contribution in [1.29, 1.82) is 0 Å². The van der Waals surface area contributed by atoms with E-state index in [0.717, 1.165) is 47.0 Å². The van der Waals surface area contributed by atoms with E-state index in [2.05, 4.69) is 10.6 Å². The van der Waals surface area contributed by atoms with Crippen molar-refractivity contribution in [2.75, 3.05) is 26.2 Å². The Morgan fingerprint density at radius 1 is 0.976 bits per heavy atom. The van der Waals surface area contributed by atoms with Gasteiger partial charge in [0.05, 0.1) is 23.3 Å². The summed E-state index contributed by atoms with van der Waals surface area (Å²) in [5.41, 5.74) is -3.24. The smallest absolute Gasteiger partial charge is 0.416 e. The van der Waals surface area contributed by atoms with Gasteiger partial charge in [0.2, 0.25) is 5.60 Å². The van der Waals surface area contributed by atoms with E-state index in [9.17, 15) is 35.9 Å². The summed E-state index contributed by atoms with van der Waals surface area (Å²) in [4.78, 5) is 28.0. The molecule has 1 unspecified atom stereocenters. The number of carbonyl (C=O) groups excluding carboxylic acids is 2. The molecule has 2 aromatic carbocycles. The quantitative estimate of drug-likeness (QED) is 0.334. The van der Waals surface area contributed by atoms with Gasteiger partial charge in [-0.05, 0) is 55.5 Å². The first-order valence-corrected chi connectivity index (χ1v) is 13.1. The summed E-state index contributed by atoms with van der Waals surface area (Å²) >= 11 is 0. The average Bonchev–Trinajstić information content (AvgIpc) is 2.95. The third-order valence-corrected chi connectivity index (χ3v) is 6.92. The Kier molecular flexibility index (Phi) is 8.98. The number of amides is 2. The first kappa shape index (κ1) is 30.0. The molecule has 220 valence electrons. The summed E-state index contributed by atoms with van der Waals surface area (Å²) in [5.74, 6) is -1.58. The summed E-state index contributed by atoms with van der Waals surface area (Å²) in [6.45, 7) is -0.172. The van der Waals surface area contributed by atoms with Crippen LogP contribution in [0.25, 0.3) is 0 Å². The third kappa shape index (κ3) is 7.42. The molecule has 2 amide bonds. The maximum absolute atomic E-state index is 13.6. The van der Waals surface area contributed by atoms with Crippen molar-refractivity contribution in [2.24, 2.45) is 0 Å². The lowest BCUT2D eigenvalue weighted by Crippen LogP contribution is -2.61. The number of dihydropyridines is 1. The van der Waals surface area contributed by atoms with Crippen LogP contribution in [-0.2, 0) is 22.2 Å². The number of likely N-dealkylation sites (tertiary alicyclic amines) is 1. The van der Waals surface area contributed by atoms with Gasteiger partial charge in [0.25, 0.3) is 11.8 Å². The number of hydrogen-bond donors (Lipinski definition) is 2. The Labute approximate surface area is 233 Å². The van der Waals surface area contributed by atoms with Crippen LogP contribution in [-0.4, -0.2) is 54.7 Å². The minimum absolute atomic E-state index is 0.0406. The zero-order valence-electron chi connectivity index (χ0n) is 21.9. The normalized spacial score (nSPS) is 19.5. The summed E-state index contributed by atoms with van der Waals surface area (Å²) in [6, 6.07) is 13.3. The number of carbonyl (C=O) groups is 2. The van der Waals surface area contributed by atoms with Gasteiger partial charge in [-0.2, -0.15) is 26.3 Å². The number of hydrogen-bond acceptors (Lipinski definition) is 4. The molecule has 0 radical (unpaired) electrons. The number of aryl methyl sites for hydroxylation is 1. The molecule has 12 heteroatoms. The molecule has 1 fully saturated rings.